The topological polar surface area (TPSA) is 88.8 Å². The molecule has 5 aliphatic rings. The third-order valence-corrected chi connectivity index (χ3v) is 10.7. The van der Waals surface area contributed by atoms with E-state index in [1.165, 1.54) is 7.11 Å². The van der Waals surface area contributed by atoms with Crippen LogP contribution in [-0.4, -0.2) is 57.6 Å². The Morgan fingerprint density at radius 1 is 1.21 bits per heavy atom. The van der Waals surface area contributed by atoms with Crippen molar-refractivity contribution in [3.05, 3.63) is 70.5 Å². The number of rotatable bonds is 4. The Kier molecular flexibility index (Phi) is 5.57. The average Bonchev–Trinajstić information content (AvgIpc) is 3.42. The van der Waals surface area contributed by atoms with Crippen LogP contribution in [0.25, 0.3) is 10.9 Å². The predicted molar refractivity (Wildman–Crippen MR) is 158 cm³/mol. The van der Waals surface area contributed by atoms with Crippen LogP contribution in [0.15, 0.2) is 53.7 Å². The summed E-state index contributed by atoms with van der Waals surface area (Å²) in [5, 5.41) is 9.46. The minimum absolute atomic E-state index is 0.120. The maximum absolute atomic E-state index is 16.5. The fourth-order valence-corrected chi connectivity index (χ4v) is 8.64. The van der Waals surface area contributed by atoms with Crippen LogP contribution in [-0.2, 0) is 21.5 Å². The Morgan fingerprint density at radius 3 is 2.79 bits per heavy atom. The van der Waals surface area contributed by atoms with E-state index in [4.69, 9.17) is 33.0 Å². The summed E-state index contributed by atoms with van der Waals surface area (Å²) in [5.74, 6) is -0.782. The standard InChI is InChI=1S/C31H28Cl2FN5O3/c1-30(9-10-35-27(33)26(30)34)25-24-23(13-22-18-7-5-16(28(40)42-2)11-20(18)37-39(22)24)38(14-15-3-4-15)31(25)19-8-6-17(32)12-21(19)36-29(31)41/h5-12,15,23-26H,3-4,13-14H2,1-2H3,(H,36,41)/t23-,24+,25+,26?,30?,31+/m0/s1. The van der Waals surface area contributed by atoms with Crippen LogP contribution in [0.5, 0.6) is 0 Å². The van der Waals surface area contributed by atoms with E-state index < -0.39 is 29.0 Å². The molecule has 11 heteroatoms. The van der Waals surface area contributed by atoms with Crippen LogP contribution in [0.3, 0.4) is 0 Å². The van der Waals surface area contributed by atoms with Gasteiger partial charge in [-0.1, -0.05) is 48.3 Å². The van der Waals surface area contributed by atoms with Gasteiger partial charge in [0.05, 0.1) is 24.2 Å². The number of amides is 1. The molecular weight excluding hydrogens is 580 g/mol. The molecule has 42 heavy (non-hydrogen) atoms. The molecule has 1 spiro atoms. The molecule has 2 aromatic carbocycles. The molecule has 3 aromatic rings. The van der Waals surface area contributed by atoms with E-state index in [-0.39, 0.29) is 23.2 Å². The van der Waals surface area contributed by atoms with Crippen LogP contribution in [0, 0.1) is 17.3 Å². The minimum Gasteiger partial charge on any atom is -0.465 e. The number of nitrogens with one attached hydrogen (secondary N) is 1. The largest absolute Gasteiger partial charge is 0.465 e. The highest BCUT2D eigenvalue weighted by Gasteiger charge is 2.73. The number of aromatic nitrogens is 2. The lowest BCUT2D eigenvalue weighted by Crippen LogP contribution is -2.58. The fraction of sp³-hybridized carbons (Fsp3) is 0.419. The molecule has 5 heterocycles. The molecule has 2 fully saturated rings. The predicted octanol–water partition coefficient (Wildman–Crippen LogP) is 5.64. The number of esters is 1. The molecule has 216 valence electrons. The number of carbonyl (C=O) groups excluding carboxylic acids is 2. The molecule has 1 saturated carbocycles. The zero-order chi connectivity index (χ0) is 29.1. The SMILES string of the molecule is COC(=O)c1ccc2c3n(nc2c1)[C@H]1[C@H](C2(C)C=CN=C(Cl)C2F)[C@]2(C(=O)Nc4cc(Cl)ccc42)N(CC2CC2)[C@H]1C3. The lowest BCUT2D eigenvalue weighted by atomic mass is 9.61. The number of allylic oxidation sites excluding steroid dienone is 1. The van der Waals surface area contributed by atoms with E-state index in [0.29, 0.717) is 40.7 Å². The number of halogens is 3. The number of hydrogen-bond acceptors (Lipinski definition) is 6. The Hall–Kier alpha value is -3.27. The Labute approximate surface area is 251 Å². The van der Waals surface area contributed by atoms with Crippen molar-refractivity contribution in [2.24, 2.45) is 22.2 Å². The number of aliphatic imine (C=N–C) groups is 1. The van der Waals surface area contributed by atoms with Crippen LogP contribution >= 0.6 is 23.2 Å². The van der Waals surface area contributed by atoms with Gasteiger partial charge in [0, 0.05) is 63.9 Å². The van der Waals surface area contributed by atoms with Gasteiger partial charge in [0.25, 0.3) is 0 Å². The molecule has 1 saturated heterocycles. The van der Waals surface area contributed by atoms with E-state index in [9.17, 15) is 9.59 Å². The molecule has 6 atom stereocenters. The van der Waals surface area contributed by atoms with Crippen molar-refractivity contribution in [2.45, 2.75) is 50.0 Å². The second-order valence-electron chi connectivity index (χ2n) is 12.4. The first kappa shape index (κ1) is 26.4. The number of methoxy groups -OCH3 is 1. The molecule has 0 bridgehead atoms. The fourth-order valence-electron chi connectivity index (χ4n) is 8.18. The van der Waals surface area contributed by atoms with Gasteiger partial charge in [-0.15, -0.1) is 0 Å². The summed E-state index contributed by atoms with van der Waals surface area (Å²) in [6.07, 6.45) is 4.50. The Bertz CT molecular complexity index is 1770. The van der Waals surface area contributed by atoms with Crippen molar-refractivity contribution in [1.82, 2.24) is 14.7 Å². The van der Waals surface area contributed by atoms with Gasteiger partial charge < -0.3 is 10.1 Å². The van der Waals surface area contributed by atoms with E-state index in [1.807, 2.05) is 23.7 Å². The normalized spacial score (nSPS) is 33.1. The Morgan fingerprint density at radius 2 is 2.02 bits per heavy atom. The molecule has 8 rings (SSSR count). The zero-order valence-corrected chi connectivity index (χ0v) is 24.5. The third kappa shape index (κ3) is 3.33. The highest BCUT2D eigenvalue weighted by Crippen LogP contribution is 2.66. The average molecular weight is 609 g/mol. The number of anilines is 1. The molecule has 1 N–H and O–H groups in total. The summed E-state index contributed by atoms with van der Waals surface area (Å²) in [4.78, 5) is 33.2. The molecular formula is C31H28Cl2FN5O3. The molecule has 0 radical (unpaired) electrons. The number of hydrogen-bond donors (Lipinski definition) is 1. The zero-order valence-electron chi connectivity index (χ0n) is 23.0. The van der Waals surface area contributed by atoms with Gasteiger partial charge in [-0.05, 0) is 43.0 Å². The monoisotopic (exact) mass is 607 g/mol. The number of fused-ring (bicyclic) bond motifs is 7. The Balaban J connectivity index is 1.39. The maximum Gasteiger partial charge on any atom is 0.337 e. The molecule has 8 nitrogen and oxygen atoms in total. The molecule has 4 aliphatic heterocycles. The van der Waals surface area contributed by atoms with Gasteiger partial charge in [-0.3, -0.25) is 14.4 Å². The molecule has 1 amide bonds. The van der Waals surface area contributed by atoms with Gasteiger partial charge in [-0.2, -0.15) is 5.10 Å². The first-order valence-electron chi connectivity index (χ1n) is 14.2. The first-order chi connectivity index (χ1) is 20.2. The van der Waals surface area contributed by atoms with Gasteiger partial charge >= 0.3 is 5.97 Å². The molecule has 1 aromatic heterocycles. The minimum atomic E-state index is -1.63. The van der Waals surface area contributed by atoms with Crippen LogP contribution in [0.4, 0.5) is 10.1 Å². The summed E-state index contributed by atoms with van der Waals surface area (Å²) in [6.45, 7) is 2.55. The quantitative estimate of drug-likeness (QED) is 0.388. The number of likely N-dealkylation sites (tertiary alicyclic amines) is 1. The number of nitrogens with zero attached hydrogens (tertiary/aromatic N) is 4. The number of carbonyl (C=O) groups is 2. The first-order valence-corrected chi connectivity index (χ1v) is 15.0. The van der Waals surface area contributed by atoms with Crippen molar-refractivity contribution in [1.29, 1.82) is 0 Å². The summed E-state index contributed by atoms with van der Waals surface area (Å²) in [5.41, 5.74) is 1.12. The number of alkyl halides is 1. The van der Waals surface area contributed by atoms with Gasteiger partial charge in [-0.25, -0.2) is 14.2 Å². The molecule has 2 unspecified atom stereocenters. The van der Waals surface area contributed by atoms with Gasteiger partial charge in [0.15, 0.2) is 6.17 Å². The third-order valence-electron chi connectivity index (χ3n) is 10.1. The van der Waals surface area contributed by atoms with Gasteiger partial charge in [0.1, 0.15) is 10.7 Å². The molecule has 1 aliphatic carbocycles. The van der Waals surface area contributed by atoms with Crippen LogP contribution < -0.4 is 5.32 Å². The second-order valence-corrected chi connectivity index (χ2v) is 13.2. The van der Waals surface area contributed by atoms with Crippen molar-refractivity contribution in [3.8, 4) is 0 Å². The van der Waals surface area contributed by atoms with Crippen molar-refractivity contribution in [2.75, 3.05) is 19.0 Å². The summed E-state index contributed by atoms with van der Waals surface area (Å²) in [6, 6.07) is 10.4. The lowest BCUT2D eigenvalue weighted by Gasteiger charge is -2.47. The van der Waals surface area contributed by atoms with Crippen molar-refractivity contribution in [3.63, 3.8) is 0 Å². The van der Waals surface area contributed by atoms with E-state index >= 15 is 4.39 Å². The lowest BCUT2D eigenvalue weighted by molar-refractivity contribution is -0.132. The van der Waals surface area contributed by atoms with Crippen LogP contribution in [0.1, 0.15) is 47.4 Å². The summed E-state index contributed by atoms with van der Waals surface area (Å²) >= 11 is 12.8. The highest BCUT2D eigenvalue weighted by atomic mass is 35.5. The van der Waals surface area contributed by atoms with Crippen molar-refractivity contribution < 1.29 is 18.7 Å². The van der Waals surface area contributed by atoms with E-state index in [2.05, 4.69) is 15.2 Å². The number of ether oxygens (including phenoxy) is 1. The summed E-state index contributed by atoms with van der Waals surface area (Å²) < 4.78 is 23.5. The summed E-state index contributed by atoms with van der Waals surface area (Å²) in [7, 11) is 1.35. The number of benzene rings is 2. The second kappa shape index (κ2) is 8.88. The van der Waals surface area contributed by atoms with E-state index in [0.717, 1.165) is 29.5 Å². The van der Waals surface area contributed by atoms with Crippen LogP contribution in [0.2, 0.25) is 5.02 Å². The van der Waals surface area contributed by atoms with E-state index in [1.54, 1.807) is 36.5 Å². The van der Waals surface area contributed by atoms with Gasteiger partial charge in [0.2, 0.25) is 5.91 Å². The smallest absolute Gasteiger partial charge is 0.337 e. The maximum atomic E-state index is 16.5. The highest BCUT2D eigenvalue weighted by molar-refractivity contribution is 6.66. The van der Waals surface area contributed by atoms with Crippen molar-refractivity contribution >= 4 is 56.8 Å².